The van der Waals surface area contributed by atoms with Crippen LogP contribution in [-0.2, 0) is 14.3 Å². The summed E-state index contributed by atoms with van der Waals surface area (Å²) in [7, 11) is 0. The second-order valence-electron chi connectivity index (χ2n) is 1.56. The molecule has 5 nitrogen and oxygen atoms in total. The van der Waals surface area contributed by atoms with Gasteiger partial charge in [-0.3, -0.25) is 0 Å². The molecule has 0 aliphatic rings. The van der Waals surface area contributed by atoms with Crippen LogP contribution in [0, 0.1) is 0 Å². The molecule has 0 heterocycles. The fraction of sp³-hybridized carbons (Fsp3) is 0.250. The molecular formula is C8H13NO4. The zero-order valence-corrected chi connectivity index (χ0v) is 7.49. The van der Waals surface area contributed by atoms with Crippen LogP contribution in [0.4, 0.5) is 4.79 Å². The number of carbonyl (C=O) groups is 2. The van der Waals surface area contributed by atoms with Gasteiger partial charge in [-0.25, -0.2) is 9.59 Å². The molecule has 0 radical (unpaired) electrons. The van der Waals surface area contributed by atoms with Gasteiger partial charge in [-0.15, -0.1) is 0 Å². The number of amides is 1. The van der Waals surface area contributed by atoms with Crippen LogP contribution in [0.3, 0.4) is 0 Å². The van der Waals surface area contributed by atoms with Crippen molar-refractivity contribution in [2.24, 2.45) is 5.73 Å². The van der Waals surface area contributed by atoms with E-state index < -0.39 is 12.1 Å². The summed E-state index contributed by atoms with van der Waals surface area (Å²) in [6.45, 7) is 8.37. The first-order valence-electron chi connectivity index (χ1n) is 3.44. The highest BCUT2D eigenvalue weighted by Gasteiger charge is 1.84. The highest BCUT2D eigenvalue weighted by Crippen LogP contribution is 1.75. The van der Waals surface area contributed by atoms with Gasteiger partial charge in [-0.2, -0.15) is 0 Å². The van der Waals surface area contributed by atoms with Crippen LogP contribution in [0.2, 0.25) is 0 Å². The molecule has 13 heavy (non-hydrogen) atoms. The van der Waals surface area contributed by atoms with Crippen molar-refractivity contribution >= 4 is 12.1 Å². The van der Waals surface area contributed by atoms with Gasteiger partial charge in [0.25, 0.3) is 0 Å². The summed E-state index contributed by atoms with van der Waals surface area (Å²) in [6.07, 6.45) is 1.42. The quantitative estimate of drug-likeness (QED) is 0.405. The largest absolute Gasteiger partial charge is 0.450 e. The molecule has 0 aromatic carbocycles. The molecule has 1 amide bonds. The number of rotatable bonds is 3. The zero-order valence-electron chi connectivity index (χ0n) is 7.49. The first-order chi connectivity index (χ1) is 6.08. The average molecular weight is 187 g/mol. The molecule has 0 saturated heterocycles. The van der Waals surface area contributed by atoms with E-state index in [1.807, 2.05) is 0 Å². The Morgan fingerprint density at radius 1 is 1.46 bits per heavy atom. The minimum absolute atomic E-state index is 0.356. The van der Waals surface area contributed by atoms with Gasteiger partial charge in [0.15, 0.2) is 0 Å². The fourth-order valence-electron chi connectivity index (χ4n) is 0.273. The predicted molar refractivity (Wildman–Crippen MR) is 47.7 cm³/mol. The van der Waals surface area contributed by atoms with E-state index in [2.05, 4.69) is 28.4 Å². The van der Waals surface area contributed by atoms with Crippen LogP contribution >= 0.6 is 0 Å². The summed E-state index contributed by atoms with van der Waals surface area (Å²) in [5.41, 5.74) is 4.54. The molecule has 0 aliphatic heterocycles. The maximum absolute atomic E-state index is 10.0. The van der Waals surface area contributed by atoms with Crippen LogP contribution in [0.5, 0.6) is 0 Å². The zero-order chi connectivity index (χ0) is 10.7. The van der Waals surface area contributed by atoms with Crippen molar-refractivity contribution < 1.29 is 19.1 Å². The van der Waals surface area contributed by atoms with Crippen molar-refractivity contribution in [3.63, 3.8) is 0 Å². The molecule has 74 valence electrons. The summed E-state index contributed by atoms with van der Waals surface area (Å²) < 4.78 is 8.38. The number of ether oxygens (including phenoxy) is 2. The molecule has 0 aromatic rings. The van der Waals surface area contributed by atoms with E-state index in [0.717, 1.165) is 12.3 Å². The lowest BCUT2D eigenvalue weighted by atomic mass is 10.7. The SMILES string of the molecule is C=COC(=O)C=C.CCOC(N)=O. The molecule has 0 aliphatic carbocycles. The van der Waals surface area contributed by atoms with Gasteiger partial charge in [-0.05, 0) is 6.92 Å². The summed E-state index contributed by atoms with van der Waals surface area (Å²) in [4.78, 5) is 19.6. The third-order valence-electron chi connectivity index (χ3n) is 0.653. The smallest absolute Gasteiger partial charge is 0.404 e. The summed E-state index contributed by atoms with van der Waals surface area (Å²) >= 11 is 0. The Morgan fingerprint density at radius 3 is 2.08 bits per heavy atom. The topological polar surface area (TPSA) is 78.6 Å². The molecule has 0 bridgehead atoms. The van der Waals surface area contributed by atoms with E-state index in [0.29, 0.717) is 6.61 Å². The molecule has 2 N–H and O–H groups in total. The van der Waals surface area contributed by atoms with Gasteiger partial charge >= 0.3 is 12.1 Å². The van der Waals surface area contributed by atoms with E-state index in [9.17, 15) is 9.59 Å². The predicted octanol–water partition coefficient (Wildman–Crippen LogP) is 0.961. The molecule has 0 fully saturated rings. The number of hydrogen-bond donors (Lipinski definition) is 1. The molecule has 0 saturated carbocycles. The number of nitrogens with two attached hydrogens (primary N) is 1. The Balaban J connectivity index is 0. The monoisotopic (exact) mass is 187 g/mol. The van der Waals surface area contributed by atoms with Crippen LogP contribution < -0.4 is 5.73 Å². The maximum Gasteiger partial charge on any atom is 0.404 e. The number of hydrogen-bond acceptors (Lipinski definition) is 4. The van der Waals surface area contributed by atoms with Crippen molar-refractivity contribution in [1.29, 1.82) is 0 Å². The fourth-order valence-corrected chi connectivity index (χ4v) is 0.273. The van der Waals surface area contributed by atoms with Gasteiger partial charge in [-0.1, -0.05) is 13.2 Å². The van der Waals surface area contributed by atoms with Gasteiger partial charge < -0.3 is 15.2 Å². The van der Waals surface area contributed by atoms with Crippen molar-refractivity contribution in [3.05, 3.63) is 25.5 Å². The van der Waals surface area contributed by atoms with E-state index in [1.54, 1.807) is 6.92 Å². The molecule has 0 atom stereocenters. The number of carbonyl (C=O) groups excluding carboxylic acids is 2. The van der Waals surface area contributed by atoms with Gasteiger partial charge in [0.05, 0.1) is 12.9 Å². The van der Waals surface area contributed by atoms with Gasteiger partial charge in [0, 0.05) is 6.08 Å². The highest BCUT2D eigenvalue weighted by atomic mass is 16.5. The maximum atomic E-state index is 10.0. The van der Waals surface area contributed by atoms with Crippen LogP contribution in [0.25, 0.3) is 0 Å². The molecule has 0 spiro atoms. The second-order valence-corrected chi connectivity index (χ2v) is 1.56. The van der Waals surface area contributed by atoms with E-state index in [-0.39, 0.29) is 0 Å². The van der Waals surface area contributed by atoms with Crippen LogP contribution in [-0.4, -0.2) is 18.7 Å². The molecule has 0 unspecified atom stereocenters. The number of esters is 1. The minimum atomic E-state index is -0.711. The van der Waals surface area contributed by atoms with Crippen molar-refractivity contribution in [1.82, 2.24) is 0 Å². The first kappa shape index (κ1) is 13.8. The van der Waals surface area contributed by atoms with E-state index in [1.165, 1.54) is 0 Å². The summed E-state index contributed by atoms with van der Waals surface area (Å²) in [6, 6.07) is 0. The van der Waals surface area contributed by atoms with Crippen LogP contribution in [0.15, 0.2) is 25.5 Å². The number of primary amides is 1. The lowest BCUT2D eigenvalue weighted by Crippen LogP contribution is -2.11. The molecule has 0 rings (SSSR count). The standard InChI is InChI=1S/C5H6O2.C3H7NO2/c1-3-5(6)7-4-2;1-2-6-3(4)5/h3-4H,1-2H2;2H2,1H3,(H2,4,5). The van der Waals surface area contributed by atoms with Crippen molar-refractivity contribution in [3.8, 4) is 0 Å². The van der Waals surface area contributed by atoms with Gasteiger partial charge in [0.2, 0.25) is 0 Å². The lowest BCUT2D eigenvalue weighted by Gasteiger charge is -1.89. The summed E-state index contributed by atoms with van der Waals surface area (Å²) in [5.74, 6) is -0.477. The Bertz CT molecular complexity index is 189. The van der Waals surface area contributed by atoms with Gasteiger partial charge in [0.1, 0.15) is 0 Å². The average Bonchev–Trinajstić information content (AvgIpc) is 2.05. The van der Waals surface area contributed by atoms with Crippen molar-refractivity contribution in [2.45, 2.75) is 6.92 Å². The Kier molecular flexibility index (Phi) is 10.8. The third kappa shape index (κ3) is 17.8. The second kappa shape index (κ2) is 10.2. The Hall–Kier alpha value is -1.78. The minimum Gasteiger partial charge on any atom is -0.450 e. The van der Waals surface area contributed by atoms with Crippen LogP contribution in [0.1, 0.15) is 6.92 Å². The van der Waals surface area contributed by atoms with Crippen molar-refractivity contribution in [2.75, 3.05) is 6.61 Å². The van der Waals surface area contributed by atoms with E-state index in [4.69, 9.17) is 0 Å². The Labute approximate surface area is 76.8 Å². The normalized spacial score (nSPS) is 7.15. The Morgan fingerprint density at radius 2 is 2.00 bits per heavy atom. The first-order valence-corrected chi connectivity index (χ1v) is 3.44. The van der Waals surface area contributed by atoms with E-state index >= 15 is 0 Å². The summed E-state index contributed by atoms with van der Waals surface area (Å²) in [5, 5.41) is 0. The third-order valence-corrected chi connectivity index (χ3v) is 0.653. The molecule has 5 heteroatoms. The lowest BCUT2D eigenvalue weighted by molar-refractivity contribution is -0.132. The molecule has 0 aromatic heterocycles. The molecular weight excluding hydrogens is 174 g/mol. The highest BCUT2D eigenvalue weighted by molar-refractivity contribution is 5.81.